The molecule has 2 aromatic rings. The molecule has 18 heavy (non-hydrogen) atoms. The molecule has 1 atom stereocenters. The van der Waals surface area contributed by atoms with E-state index in [1.807, 2.05) is 23.6 Å². The summed E-state index contributed by atoms with van der Waals surface area (Å²) in [5.41, 5.74) is 7.43. The Bertz CT molecular complexity index is 545. The topological polar surface area (TPSA) is 68.4 Å². The highest BCUT2D eigenvalue weighted by atomic mass is 79.9. The number of benzene rings is 1. The number of hydrogen-bond donors (Lipinski definition) is 2. The molecule has 1 unspecified atom stereocenters. The van der Waals surface area contributed by atoms with Crippen LogP contribution in [0.25, 0.3) is 10.6 Å². The number of halogens is 1. The molecule has 3 N–H and O–H groups in total. The van der Waals surface area contributed by atoms with Crippen LogP contribution < -0.4 is 10.5 Å². The summed E-state index contributed by atoms with van der Waals surface area (Å²) >= 11 is 4.95. The van der Waals surface area contributed by atoms with E-state index in [0.717, 1.165) is 20.8 Å². The van der Waals surface area contributed by atoms with Gasteiger partial charge in [-0.05, 0) is 34.1 Å². The molecule has 0 spiro atoms. The van der Waals surface area contributed by atoms with Gasteiger partial charge in [0.15, 0.2) is 0 Å². The van der Waals surface area contributed by atoms with Gasteiger partial charge in [0.25, 0.3) is 0 Å². The van der Waals surface area contributed by atoms with Crippen LogP contribution >= 0.6 is 27.3 Å². The highest BCUT2D eigenvalue weighted by molar-refractivity contribution is 9.10. The predicted octanol–water partition coefficient (Wildman–Crippen LogP) is 2.57. The van der Waals surface area contributed by atoms with Crippen molar-refractivity contribution in [2.45, 2.75) is 6.04 Å². The van der Waals surface area contributed by atoms with E-state index in [-0.39, 0.29) is 6.61 Å². The first kappa shape index (κ1) is 13.5. The predicted molar refractivity (Wildman–Crippen MR) is 75.8 cm³/mol. The lowest BCUT2D eigenvalue weighted by Crippen LogP contribution is -2.14. The smallest absolute Gasteiger partial charge is 0.133 e. The van der Waals surface area contributed by atoms with Gasteiger partial charge in [-0.3, -0.25) is 0 Å². The molecule has 4 nitrogen and oxygen atoms in total. The minimum absolute atomic E-state index is 0.102. The van der Waals surface area contributed by atoms with Crippen molar-refractivity contribution >= 4 is 27.3 Å². The number of nitrogens with two attached hydrogens (primary N) is 1. The molecule has 96 valence electrons. The summed E-state index contributed by atoms with van der Waals surface area (Å²) in [6, 6.07) is 5.35. The minimum atomic E-state index is -0.420. The fourth-order valence-corrected chi connectivity index (χ4v) is 2.90. The molecule has 0 saturated carbocycles. The monoisotopic (exact) mass is 328 g/mol. The maximum Gasteiger partial charge on any atom is 0.133 e. The quantitative estimate of drug-likeness (QED) is 0.905. The first-order chi connectivity index (χ1) is 8.65. The van der Waals surface area contributed by atoms with Gasteiger partial charge in [0.2, 0.25) is 0 Å². The van der Waals surface area contributed by atoms with Crippen molar-refractivity contribution in [1.29, 1.82) is 0 Å². The van der Waals surface area contributed by atoms with Gasteiger partial charge in [0, 0.05) is 10.9 Å². The van der Waals surface area contributed by atoms with Gasteiger partial charge >= 0.3 is 0 Å². The van der Waals surface area contributed by atoms with Crippen LogP contribution in [-0.4, -0.2) is 23.8 Å². The third-order valence-corrected chi connectivity index (χ3v) is 4.03. The molecule has 1 aromatic carbocycles. The second-order valence-electron chi connectivity index (χ2n) is 3.72. The standard InChI is InChI=1S/C12H13BrN2O2S/c1-17-11-3-2-7(4-8(11)13)12-15-10(6-18-12)9(14)5-16/h2-4,6,9,16H,5,14H2,1H3. The summed E-state index contributed by atoms with van der Waals surface area (Å²) in [7, 11) is 1.63. The number of methoxy groups -OCH3 is 1. The molecule has 0 amide bonds. The summed E-state index contributed by atoms with van der Waals surface area (Å²) in [5, 5.41) is 11.7. The van der Waals surface area contributed by atoms with E-state index in [1.54, 1.807) is 7.11 Å². The summed E-state index contributed by atoms with van der Waals surface area (Å²) in [4.78, 5) is 4.42. The number of hydrogen-bond acceptors (Lipinski definition) is 5. The van der Waals surface area contributed by atoms with Crippen LogP contribution in [0.1, 0.15) is 11.7 Å². The van der Waals surface area contributed by atoms with Crippen molar-refractivity contribution in [2.24, 2.45) is 5.73 Å². The average molecular weight is 329 g/mol. The zero-order valence-electron chi connectivity index (χ0n) is 9.76. The number of aromatic nitrogens is 1. The molecule has 0 radical (unpaired) electrons. The van der Waals surface area contributed by atoms with E-state index in [0.29, 0.717) is 5.69 Å². The van der Waals surface area contributed by atoms with Crippen molar-refractivity contribution in [2.75, 3.05) is 13.7 Å². The fraction of sp³-hybridized carbons (Fsp3) is 0.250. The van der Waals surface area contributed by atoms with Crippen LogP contribution in [0.3, 0.4) is 0 Å². The van der Waals surface area contributed by atoms with Crippen molar-refractivity contribution in [3.05, 3.63) is 33.7 Å². The highest BCUT2D eigenvalue weighted by Gasteiger charge is 2.11. The second-order valence-corrected chi connectivity index (χ2v) is 5.43. The van der Waals surface area contributed by atoms with Gasteiger partial charge < -0.3 is 15.6 Å². The van der Waals surface area contributed by atoms with Gasteiger partial charge in [-0.1, -0.05) is 0 Å². The first-order valence-corrected chi connectivity index (χ1v) is 6.98. The average Bonchev–Trinajstić information content (AvgIpc) is 2.87. The summed E-state index contributed by atoms with van der Waals surface area (Å²) < 4.78 is 6.06. The van der Waals surface area contributed by atoms with Crippen LogP contribution in [0, 0.1) is 0 Å². The molecule has 0 saturated heterocycles. The largest absolute Gasteiger partial charge is 0.496 e. The van der Waals surface area contributed by atoms with E-state index in [9.17, 15) is 0 Å². The van der Waals surface area contributed by atoms with E-state index < -0.39 is 6.04 Å². The minimum Gasteiger partial charge on any atom is -0.496 e. The Balaban J connectivity index is 2.31. The zero-order valence-corrected chi connectivity index (χ0v) is 12.2. The van der Waals surface area contributed by atoms with Gasteiger partial charge in [0.05, 0.1) is 29.9 Å². The maximum absolute atomic E-state index is 9.00. The van der Waals surface area contributed by atoms with Gasteiger partial charge in [-0.25, -0.2) is 4.98 Å². The van der Waals surface area contributed by atoms with E-state index >= 15 is 0 Å². The Morgan fingerprint density at radius 1 is 1.56 bits per heavy atom. The van der Waals surface area contributed by atoms with Crippen molar-refractivity contribution in [3.63, 3.8) is 0 Å². The van der Waals surface area contributed by atoms with Crippen molar-refractivity contribution < 1.29 is 9.84 Å². The van der Waals surface area contributed by atoms with Gasteiger partial charge in [0.1, 0.15) is 10.8 Å². The Morgan fingerprint density at radius 3 is 2.94 bits per heavy atom. The third kappa shape index (κ3) is 2.72. The molecule has 6 heteroatoms. The molecule has 0 aliphatic carbocycles. The lowest BCUT2D eigenvalue weighted by atomic mass is 10.2. The van der Waals surface area contributed by atoms with Gasteiger partial charge in [-0.2, -0.15) is 0 Å². The fourth-order valence-electron chi connectivity index (χ4n) is 1.48. The van der Waals surface area contributed by atoms with Crippen LogP contribution in [0.15, 0.2) is 28.1 Å². The van der Waals surface area contributed by atoms with Crippen molar-refractivity contribution in [1.82, 2.24) is 4.98 Å². The molecule has 1 heterocycles. The van der Waals surface area contributed by atoms with Crippen LogP contribution in [-0.2, 0) is 0 Å². The third-order valence-electron chi connectivity index (χ3n) is 2.50. The van der Waals surface area contributed by atoms with Crippen LogP contribution in [0.4, 0.5) is 0 Å². The lowest BCUT2D eigenvalue weighted by molar-refractivity contribution is 0.266. The molecule has 0 bridgehead atoms. The number of aliphatic hydroxyl groups excluding tert-OH is 1. The van der Waals surface area contributed by atoms with Crippen molar-refractivity contribution in [3.8, 4) is 16.3 Å². The Hall–Kier alpha value is -0.950. The first-order valence-electron chi connectivity index (χ1n) is 5.31. The molecule has 0 aliphatic heterocycles. The Kier molecular flexibility index (Phi) is 4.34. The Morgan fingerprint density at radius 2 is 2.33 bits per heavy atom. The molecule has 0 aliphatic rings. The number of rotatable bonds is 4. The number of ether oxygens (including phenoxy) is 1. The lowest BCUT2D eigenvalue weighted by Gasteiger charge is -2.05. The number of thiazole rings is 1. The van der Waals surface area contributed by atoms with Crippen LogP contribution in [0.2, 0.25) is 0 Å². The maximum atomic E-state index is 9.00. The van der Waals surface area contributed by atoms with E-state index in [1.165, 1.54) is 11.3 Å². The zero-order chi connectivity index (χ0) is 13.1. The van der Waals surface area contributed by atoms with E-state index in [4.69, 9.17) is 15.6 Å². The summed E-state index contributed by atoms with van der Waals surface area (Å²) in [5.74, 6) is 0.780. The summed E-state index contributed by atoms with van der Waals surface area (Å²) in [6.07, 6.45) is 0. The molecule has 2 rings (SSSR count). The Labute approximate surface area is 118 Å². The molecule has 1 aromatic heterocycles. The normalized spacial score (nSPS) is 12.4. The van der Waals surface area contributed by atoms with Crippen LogP contribution in [0.5, 0.6) is 5.75 Å². The highest BCUT2D eigenvalue weighted by Crippen LogP contribution is 2.32. The number of aliphatic hydroxyl groups is 1. The summed E-state index contributed by atoms with van der Waals surface area (Å²) in [6.45, 7) is -0.102. The SMILES string of the molecule is COc1ccc(-c2nc(C(N)CO)cs2)cc1Br. The molecule has 0 fully saturated rings. The second kappa shape index (κ2) is 5.79. The van der Waals surface area contributed by atoms with E-state index in [2.05, 4.69) is 20.9 Å². The molecular weight excluding hydrogens is 316 g/mol. The molecular formula is C12H13BrN2O2S. The van der Waals surface area contributed by atoms with Gasteiger partial charge in [-0.15, -0.1) is 11.3 Å². The number of nitrogens with zero attached hydrogens (tertiary/aromatic N) is 1.